The van der Waals surface area contributed by atoms with Gasteiger partial charge in [0.05, 0.1) is 0 Å². The van der Waals surface area contributed by atoms with Crippen molar-refractivity contribution in [3.8, 4) is 17.2 Å². The summed E-state index contributed by atoms with van der Waals surface area (Å²) in [6.07, 6.45) is 0. The number of halogens is 1. The predicted octanol–water partition coefficient (Wildman–Crippen LogP) is 3.70. The van der Waals surface area contributed by atoms with Crippen LogP contribution in [0.25, 0.3) is 10.8 Å². The van der Waals surface area contributed by atoms with Gasteiger partial charge in [-0.05, 0) is 46.3 Å². The number of aromatic hydroxyl groups is 1. The van der Waals surface area contributed by atoms with Gasteiger partial charge in [0.15, 0.2) is 11.4 Å². The van der Waals surface area contributed by atoms with Crippen LogP contribution in [0.4, 0.5) is 0 Å². The topological polar surface area (TPSA) is 97.8 Å². The molecule has 2 N–H and O–H groups in total. The number of para-hydroxylation sites is 1. The Balaban J connectivity index is 1.96. The second kappa shape index (κ2) is 7.40. The number of carbonyl (C=O) groups is 2. The molecule has 26 heavy (non-hydrogen) atoms. The first kappa shape index (κ1) is 17.7. The van der Waals surface area contributed by atoms with E-state index in [0.717, 1.165) is 6.92 Å². The molecular weight excluding hydrogens is 404 g/mol. The van der Waals surface area contributed by atoms with Crippen LogP contribution in [0, 0.1) is 0 Å². The number of amides is 1. The minimum absolute atomic E-state index is 0.276. The van der Waals surface area contributed by atoms with Crippen molar-refractivity contribution in [1.82, 2.24) is 10.5 Å². The maximum atomic E-state index is 12.0. The largest absolute Gasteiger partial charge is 0.505 e. The summed E-state index contributed by atoms with van der Waals surface area (Å²) in [5.74, 6) is -0.662. The van der Waals surface area contributed by atoms with E-state index in [1.54, 1.807) is 18.2 Å². The Labute approximate surface area is 156 Å². The summed E-state index contributed by atoms with van der Waals surface area (Å²) in [6.45, 7) is 1.14. The number of ether oxygens (including phenoxy) is 1. The number of nitrogens with one attached hydrogen (secondary N) is 1. The molecule has 2 aromatic carbocycles. The summed E-state index contributed by atoms with van der Waals surface area (Å²) in [4.78, 5) is 31.3. The van der Waals surface area contributed by atoms with E-state index in [0.29, 0.717) is 26.9 Å². The Morgan fingerprint density at radius 2 is 1.81 bits per heavy atom. The second-order valence-corrected chi connectivity index (χ2v) is 6.00. The molecule has 0 atom stereocenters. The quantitative estimate of drug-likeness (QED) is 0.498. The van der Waals surface area contributed by atoms with Gasteiger partial charge in [-0.2, -0.15) is 5.48 Å². The van der Waals surface area contributed by atoms with Crippen LogP contribution in [0.2, 0.25) is 0 Å². The lowest BCUT2D eigenvalue weighted by Crippen LogP contribution is -2.26. The van der Waals surface area contributed by atoms with Crippen molar-refractivity contribution in [2.45, 2.75) is 6.92 Å². The number of hydrogen-bond acceptors (Lipinski definition) is 6. The highest BCUT2D eigenvalue weighted by Gasteiger charge is 2.19. The summed E-state index contributed by atoms with van der Waals surface area (Å²) < 4.78 is 6.09. The highest BCUT2D eigenvalue weighted by molar-refractivity contribution is 9.10. The number of pyridine rings is 1. The molecule has 3 rings (SSSR count). The summed E-state index contributed by atoms with van der Waals surface area (Å²) in [5.41, 5.74) is 1.64. The molecule has 0 bridgehead atoms. The third kappa shape index (κ3) is 3.75. The maximum absolute atomic E-state index is 12.0. The molecule has 0 radical (unpaired) electrons. The van der Waals surface area contributed by atoms with Crippen LogP contribution in [0.3, 0.4) is 0 Å². The average Bonchev–Trinajstić information content (AvgIpc) is 2.63. The Bertz CT molecular complexity index is 992. The van der Waals surface area contributed by atoms with E-state index in [-0.39, 0.29) is 11.4 Å². The summed E-state index contributed by atoms with van der Waals surface area (Å²) in [5, 5.41) is 11.3. The molecule has 0 saturated carbocycles. The molecule has 0 spiro atoms. The smallest absolute Gasteiger partial charge is 0.329 e. The molecule has 0 aliphatic carbocycles. The van der Waals surface area contributed by atoms with Crippen molar-refractivity contribution in [3.05, 3.63) is 58.8 Å². The molecular formula is C18H13BrN2O5. The summed E-state index contributed by atoms with van der Waals surface area (Å²) >= 11 is 3.28. The molecule has 0 unspecified atom stereocenters. The van der Waals surface area contributed by atoms with E-state index in [1.165, 1.54) is 0 Å². The number of hydroxylamine groups is 1. The summed E-state index contributed by atoms with van der Waals surface area (Å²) in [7, 11) is 0. The zero-order valence-corrected chi connectivity index (χ0v) is 15.1. The number of carbonyl (C=O) groups excluding carboxylic acids is 2. The Morgan fingerprint density at radius 3 is 2.50 bits per heavy atom. The van der Waals surface area contributed by atoms with Gasteiger partial charge in [0.1, 0.15) is 16.1 Å². The minimum atomic E-state index is -0.843. The van der Waals surface area contributed by atoms with Crippen molar-refractivity contribution in [3.63, 3.8) is 0 Å². The monoisotopic (exact) mass is 416 g/mol. The highest BCUT2D eigenvalue weighted by Crippen LogP contribution is 2.35. The molecule has 1 amide bonds. The molecule has 132 valence electrons. The second-order valence-electron chi connectivity index (χ2n) is 5.25. The lowest BCUT2D eigenvalue weighted by Gasteiger charge is -2.11. The Morgan fingerprint density at radius 1 is 1.08 bits per heavy atom. The van der Waals surface area contributed by atoms with E-state index in [1.807, 2.05) is 35.8 Å². The Hall–Kier alpha value is -3.13. The van der Waals surface area contributed by atoms with Crippen molar-refractivity contribution in [2.75, 3.05) is 0 Å². The van der Waals surface area contributed by atoms with E-state index < -0.39 is 11.9 Å². The van der Waals surface area contributed by atoms with Gasteiger partial charge in [-0.15, -0.1) is 0 Å². The molecule has 0 aliphatic rings. The maximum Gasteiger partial charge on any atom is 0.329 e. The third-order valence-corrected chi connectivity index (χ3v) is 3.99. The minimum Gasteiger partial charge on any atom is -0.505 e. The van der Waals surface area contributed by atoms with E-state index >= 15 is 0 Å². The first-order valence-electron chi connectivity index (χ1n) is 7.48. The van der Waals surface area contributed by atoms with Crippen molar-refractivity contribution < 1.29 is 24.3 Å². The van der Waals surface area contributed by atoms with Crippen LogP contribution < -0.4 is 10.2 Å². The number of benzene rings is 2. The van der Waals surface area contributed by atoms with Gasteiger partial charge < -0.3 is 14.7 Å². The summed E-state index contributed by atoms with van der Waals surface area (Å²) in [6, 6.07) is 14.2. The standard InChI is InChI=1S/C18H13BrN2O5/c1-10(22)26-21-18(24)15-16(23)13-8-7-12(9-14(13)17(19)20-15)25-11-5-3-2-4-6-11/h2-9,23H,1H3,(H,21,24). The number of aromatic nitrogens is 1. The zero-order chi connectivity index (χ0) is 18.7. The van der Waals surface area contributed by atoms with Crippen LogP contribution in [0.1, 0.15) is 17.4 Å². The van der Waals surface area contributed by atoms with Crippen molar-refractivity contribution >= 4 is 38.6 Å². The van der Waals surface area contributed by atoms with Gasteiger partial charge in [0.25, 0.3) is 0 Å². The van der Waals surface area contributed by atoms with E-state index in [2.05, 4.69) is 25.8 Å². The van der Waals surface area contributed by atoms with Gasteiger partial charge in [-0.1, -0.05) is 18.2 Å². The van der Waals surface area contributed by atoms with Gasteiger partial charge in [0, 0.05) is 17.7 Å². The van der Waals surface area contributed by atoms with Gasteiger partial charge in [0.2, 0.25) is 0 Å². The molecule has 1 heterocycles. The molecule has 8 heteroatoms. The number of fused-ring (bicyclic) bond motifs is 1. The molecule has 1 aromatic heterocycles. The average molecular weight is 417 g/mol. The van der Waals surface area contributed by atoms with Gasteiger partial charge in [-0.25, -0.2) is 4.98 Å². The lowest BCUT2D eigenvalue weighted by atomic mass is 10.1. The van der Waals surface area contributed by atoms with Crippen LogP contribution in [0.5, 0.6) is 17.2 Å². The Kier molecular flexibility index (Phi) is 5.04. The van der Waals surface area contributed by atoms with E-state index in [4.69, 9.17) is 4.74 Å². The molecule has 3 aromatic rings. The van der Waals surface area contributed by atoms with Crippen molar-refractivity contribution in [1.29, 1.82) is 0 Å². The fourth-order valence-corrected chi connectivity index (χ4v) is 2.76. The number of hydrogen-bond donors (Lipinski definition) is 2. The molecule has 0 aliphatic heterocycles. The van der Waals surface area contributed by atoms with Crippen LogP contribution >= 0.6 is 15.9 Å². The fraction of sp³-hybridized carbons (Fsp3) is 0.0556. The van der Waals surface area contributed by atoms with Crippen molar-refractivity contribution in [2.24, 2.45) is 0 Å². The van der Waals surface area contributed by atoms with Gasteiger partial charge in [-0.3, -0.25) is 9.59 Å². The van der Waals surface area contributed by atoms with Crippen LogP contribution in [-0.4, -0.2) is 22.0 Å². The molecule has 0 saturated heterocycles. The zero-order valence-electron chi connectivity index (χ0n) is 13.5. The van der Waals surface area contributed by atoms with Crippen LogP contribution in [-0.2, 0) is 9.63 Å². The SMILES string of the molecule is CC(=O)ONC(=O)c1nc(Br)c2cc(Oc3ccccc3)ccc2c1O. The highest BCUT2D eigenvalue weighted by atomic mass is 79.9. The predicted molar refractivity (Wildman–Crippen MR) is 96.9 cm³/mol. The number of rotatable bonds is 3. The lowest BCUT2D eigenvalue weighted by molar-refractivity contribution is -0.146. The van der Waals surface area contributed by atoms with E-state index in [9.17, 15) is 14.7 Å². The van der Waals surface area contributed by atoms with Gasteiger partial charge >= 0.3 is 11.9 Å². The number of nitrogens with zero attached hydrogens (tertiary/aromatic N) is 1. The third-order valence-electron chi connectivity index (χ3n) is 3.38. The van der Waals surface area contributed by atoms with Crippen LogP contribution in [0.15, 0.2) is 53.1 Å². The first-order valence-corrected chi connectivity index (χ1v) is 8.28. The molecule has 7 nitrogen and oxygen atoms in total. The molecule has 0 fully saturated rings. The first-order chi connectivity index (χ1) is 12.5. The fourth-order valence-electron chi connectivity index (χ4n) is 2.25. The normalized spacial score (nSPS) is 10.4.